The number of carbonyl (C=O) groups excluding carboxylic acids is 2. The Morgan fingerprint density at radius 2 is 2.06 bits per heavy atom. The molecule has 5 N–H and O–H groups in total. The summed E-state index contributed by atoms with van der Waals surface area (Å²) in [5.74, 6) is -3.75. The van der Waals surface area contributed by atoms with Crippen LogP contribution in [0.25, 0.3) is 0 Å². The van der Waals surface area contributed by atoms with E-state index in [1.54, 1.807) is 6.92 Å². The van der Waals surface area contributed by atoms with E-state index in [0.29, 0.717) is 0 Å². The first-order chi connectivity index (χ1) is 15.4. The second-order valence-electron chi connectivity index (χ2n) is 7.93. The molecule has 180 valence electrons. The number of nitrogens with zero attached hydrogens (tertiary/aromatic N) is 2. The second kappa shape index (κ2) is 9.15. The lowest BCUT2D eigenvalue weighted by molar-refractivity contribution is -0.161. The Hall–Kier alpha value is -2.90. The van der Waals surface area contributed by atoms with Gasteiger partial charge in [-0.15, -0.1) is 0 Å². The summed E-state index contributed by atoms with van der Waals surface area (Å²) in [7, 11) is 0. The van der Waals surface area contributed by atoms with E-state index in [9.17, 15) is 38.5 Å². The van der Waals surface area contributed by atoms with Crippen molar-refractivity contribution in [1.29, 1.82) is 0 Å². The largest absolute Gasteiger partial charge is 0.504 e. The van der Waals surface area contributed by atoms with Crippen LogP contribution in [-0.2, 0) is 25.5 Å². The first-order valence-corrected chi connectivity index (χ1v) is 11.2. The number of β-lactam (4-membered cyclic amide) rings is 1. The van der Waals surface area contributed by atoms with Crippen LogP contribution >= 0.6 is 11.6 Å². The minimum atomic E-state index is -2.73. The van der Waals surface area contributed by atoms with Crippen molar-refractivity contribution in [3.63, 3.8) is 0 Å². The molecule has 1 aromatic rings. The van der Waals surface area contributed by atoms with Crippen LogP contribution in [0.3, 0.4) is 0 Å². The fourth-order valence-corrected chi connectivity index (χ4v) is 4.80. The number of aliphatic carboxylic acids is 1. The number of hydrogen-bond donors (Lipinski definition) is 5. The van der Waals surface area contributed by atoms with E-state index >= 15 is 0 Å². The van der Waals surface area contributed by atoms with Gasteiger partial charge < -0.3 is 34.9 Å². The van der Waals surface area contributed by atoms with Gasteiger partial charge in [0.25, 0.3) is 5.91 Å². The zero-order valence-electron chi connectivity index (χ0n) is 17.5. The molecule has 2 unspecified atom stereocenters. The highest BCUT2D eigenvalue weighted by molar-refractivity contribution is 7.81. The van der Waals surface area contributed by atoms with Crippen LogP contribution in [0.1, 0.15) is 37.0 Å². The Bertz CT molecular complexity index is 1070. The number of likely N-dealkylation sites (tertiary alicyclic amines) is 1. The number of benzene rings is 1. The molecule has 12 nitrogen and oxygen atoms in total. The summed E-state index contributed by atoms with van der Waals surface area (Å²) in [6, 6.07) is 0.231. The molecule has 0 aliphatic carbocycles. The van der Waals surface area contributed by atoms with Crippen molar-refractivity contribution in [2.24, 2.45) is 5.16 Å². The maximum atomic E-state index is 12.4. The molecule has 1 saturated heterocycles. The number of phenols is 2. The molecule has 1 aromatic carbocycles. The van der Waals surface area contributed by atoms with E-state index in [-0.39, 0.29) is 35.7 Å². The van der Waals surface area contributed by atoms with Gasteiger partial charge in [0.05, 0.1) is 22.8 Å². The molecule has 33 heavy (non-hydrogen) atoms. The average Bonchev–Trinajstić information content (AvgIpc) is 3.23. The number of carboxylic acid groups (broad SMARTS) is 1. The Balaban J connectivity index is 1.73. The third kappa shape index (κ3) is 4.35. The van der Waals surface area contributed by atoms with Crippen LogP contribution in [0, 0.1) is 0 Å². The van der Waals surface area contributed by atoms with Gasteiger partial charge in [-0.2, -0.15) is 0 Å². The standard InChI is InChI=1S/C19H22ClN3O9S/c1-8-5-13(25)23(8)16(18(28)29)19(2,33(30)31)12-6-9(32-22-12)7-21-17(27)10-3-4-11(24)15(26)14(10)20/h3-4,8-9,16,24,26H,5-7H2,1-2H3,(H,21,27)(H,28,29)(H,30,31)/t8-,9?,16+,19+/m1/s1. The van der Waals surface area contributed by atoms with Gasteiger partial charge in [-0.1, -0.05) is 16.8 Å². The smallest absolute Gasteiger partial charge is 0.328 e. The number of aromatic hydroxyl groups is 2. The number of oxime groups is 1. The molecule has 0 saturated carbocycles. The van der Waals surface area contributed by atoms with E-state index < -0.39 is 63.3 Å². The quantitative estimate of drug-likeness (QED) is 0.193. The van der Waals surface area contributed by atoms with E-state index in [0.717, 1.165) is 11.0 Å². The van der Waals surface area contributed by atoms with E-state index in [2.05, 4.69) is 10.5 Å². The number of hydrogen-bond acceptors (Lipinski definition) is 8. The maximum absolute atomic E-state index is 12.4. The zero-order chi connectivity index (χ0) is 24.7. The zero-order valence-corrected chi connectivity index (χ0v) is 19.1. The first kappa shape index (κ1) is 24.7. The highest BCUT2D eigenvalue weighted by Crippen LogP contribution is 2.36. The Kier molecular flexibility index (Phi) is 6.86. The van der Waals surface area contributed by atoms with Crippen molar-refractivity contribution in [3.05, 3.63) is 22.7 Å². The summed E-state index contributed by atoms with van der Waals surface area (Å²) >= 11 is 3.13. The molecule has 1 fully saturated rings. The van der Waals surface area contributed by atoms with Crippen molar-refractivity contribution in [1.82, 2.24) is 10.2 Å². The van der Waals surface area contributed by atoms with Crippen molar-refractivity contribution in [3.8, 4) is 11.5 Å². The van der Waals surface area contributed by atoms with E-state index in [1.165, 1.54) is 13.0 Å². The Labute approximate surface area is 195 Å². The minimum absolute atomic E-state index is 0.0396. The minimum Gasteiger partial charge on any atom is -0.504 e. The summed E-state index contributed by atoms with van der Waals surface area (Å²) in [6.07, 6.45) is -0.752. The van der Waals surface area contributed by atoms with Crippen LogP contribution in [0.5, 0.6) is 11.5 Å². The second-order valence-corrected chi connectivity index (χ2v) is 9.65. The molecule has 2 aliphatic heterocycles. The third-order valence-electron chi connectivity index (χ3n) is 5.77. The predicted octanol–water partition coefficient (Wildman–Crippen LogP) is 0.680. The van der Waals surface area contributed by atoms with Gasteiger partial charge in [-0.25, -0.2) is 9.00 Å². The number of carboxylic acids is 1. The molecule has 3 rings (SSSR count). The summed E-state index contributed by atoms with van der Waals surface area (Å²) in [5.41, 5.74) is -0.147. The van der Waals surface area contributed by atoms with Crippen LogP contribution in [0.15, 0.2) is 17.3 Å². The molecule has 2 amide bonds. The molecule has 5 atom stereocenters. The van der Waals surface area contributed by atoms with Gasteiger partial charge in [-0.05, 0) is 26.0 Å². The van der Waals surface area contributed by atoms with Crippen molar-refractivity contribution in [2.75, 3.05) is 6.54 Å². The third-order valence-corrected chi connectivity index (χ3v) is 7.33. The first-order valence-electron chi connectivity index (χ1n) is 9.76. The van der Waals surface area contributed by atoms with E-state index in [4.69, 9.17) is 16.4 Å². The molecule has 2 heterocycles. The van der Waals surface area contributed by atoms with Crippen molar-refractivity contribution in [2.45, 2.75) is 49.6 Å². The monoisotopic (exact) mass is 503 g/mol. The van der Waals surface area contributed by atoms with Crippen LogP contribution in [-0.4, -0.2) is 82.0 Å². The molecule has 0 spiro atoms. The summed E-state index contributed by atoms with van der Waals surface area (Å²) in [6.45, 7) is 2.73. The number of phenolic OH excluding ortho intramolecular Hbond substituents is 2. The van der Waals surface area contributed by atoms with Gasteiger partial charge in [0.1, 0.15) is 10.9 Å². The lowest BCUT2D eigenvalue weighted by Gasteiger charge is -2.47. The molecule has 0 radical (unpaired) electrons. The summed E-state index contributed by atoms with van der Waals surface area (Å²) in [4.78, 5) is 42.7. The topological polar surface area (TPSA) is 186 Å². The SMILES string of the molecule is C[C@@H]1CC(=O)N1[C@@H](C(=O)O)[C@](C)(C1=NOC(CNC(=O)c2ccc(O)c(O)c2Cl)C1)S(=O)O. The van der Waals surface area contributed by atoms with Gasteiger partial charge in [-0.3, -0.25) is 9.59 Å². The summed E-state index contributed by atoms with van der Waals surface area (Å²) in [5, 5.41) is 34.8. The van der Waals surface area contributed by atoms with E-state index in [1.807, 2.05) is 0 Å². The molecule has 0 aromatic heterocycles. The van der Waals surface area contributed by atoms with Gasteiger partial charge in [0.2, 0.25) is 5.91 Å². The Morgan fingerprint density at radius 1 is 1.39 bits per heavy atom. The molecule has 0 bridgehead atoms. The lowest BCUT2D eigenvalue weighted by atomic mass is 9.87. The highest BCUT2D eigenvalue weighted by Gasteiger charge is 2.57. The average molecular weight is 504 g/mol. The molecular formula is C19H22ClN3O9S. The fourth-order valence-electron chi connectivity index (χ4n) is 3.82. The normalized spacial score (nSPS) is 23.6. The number of carbonyl (C=O) groups is 3. The number of nitrogens with one attached hydrogen (secondary N) is 1. The predicted molar refractivity (Wildman–Crippen MR) is 116 cm³/mol. The van der Waals surface area contributed by atoms with Gasteiger partial charge in [0, 0.05) is 18.9 Å². The lowest BCUT2D eigenvalue weighted by Crippen LogP contribution is -2.68. The van der Waals surface area contributed by atoms with Crippen LogP contribution < -0.4 is 5.32 Å². The maximum Gasteiger partial charge on any atom is 0.328 e. The van der Waals surface area contributed by atoms with Crippen molar-refractivity contribution >= 4 is 46.2 Å². The number of rotatable bonds is 8. The highest BCUT2D eigenvalue weighted by atomic mass is 35.5. The van der Waals surface area contributed by atoms with Gasteiger partial charge in [0.15, 0.2) is 28.6 Å². The molecular weight excluding hydrogens is 482 g/mol. The number of halogens is 1. The van der Waals surface area contributed by atoms with Crippen molar-refractivity contribution < 1.29 is 43.3 Å². The van der Waals surface area contributed by atoms with Gasteiger partial charge >= 0.3 is 5.97 Å². The summed E-state index contributed by atoms with van der Waals surface area (Å²) < 4.78 is 20.4. The van der Waals surface area contributed by atoms with Crippen LogP contribution in [0.2, 0.25) is 5.02 Å². The fraction of sp³-hybridized carbons (Fsp3) is 0.474. The number of amides is 2. The molecule has 14 heteroatoms. The Morgan fingerprint density at radius 3 is 2.61 bits per heavy atom. The van der Waals surface area contributed by atoms with Crippen LogP contribution in [0.4, 0.5) is 0 Å². The molecule has 2 aliphatic rings.